The smallest absolute Gasteiger partial charge is 0.407 e. The van der Waals surface area contributed by atoms with Crippen LogP contribution >= 0.6 is 0 Å². The number of alkyl carbamates (subject to hydrolysis) is 1. The van der Waals surface area contributed by atoms with Crippen LogP contribution in [0.4, 0.5) is 4.79 Å². The largest absolute Gasteiger partial charge is 0.453 e. The van der Waals surface area contributed by atoms with E-state index in [-0.39, 0.29) is 29.7 Å². The first-order valence-electron chi connectivity index (χ1n) is 19.7. The zero-order chi connectivity index (χ0) is 38.8. The van der Waals surface area contributed by atoms with Crippen LogP contribution in [0.2, 0.25) is 0 Å². The van der Waals surface area contributed by atoms with E-state index in [9.17, 15) is 14.4 Å². The molecule has 5 heterocycles. The van der Waals surface area contributed by atoms with E-state index in [1.165, 1.54) is 26.2 Å². The van der Waals surface area contributed by atoms with Crippen LogP contribution in [-0.2, 0) is 25.6 Å². The number of nitrogens with one attached hydrogen (secondary N) is 2. The summed E-state index contributed by atoms with van der Waals surface area (Å²) < 4.78 is 10.2. The van der Waals surface area contributed by atoms with Crippen LogP contribution in [0.3, 0.4) is 0 Å². The van der Waals surface area contributed by atoms with Crippen LogP contribution in [0.15, 0.2) is 89.5 Å². The average Bonchev–Trinajstić information content (AvgIpc) is 4.10. The molecular formula is C44H49N7O5. The van der Waals surface area contributed by atoms with Crippen LogP contribution < -0.4 is 10.6 Å². The molecule has 5 aliphatic rings. The number of pyridine rings is 2. The van der Waals surface area contributed by atoms with E-state index >= 15 is 0 Å². The van der Waals surface area contributed by atoms with Gasteiger partial charge in [-0.3, -0.25) is 29.5 Å². The number of likely N-dealkylation sites (tertiary alicyclic amines) is 1. The van der Waals surface area contributed by atoms with Gasteiger partial charge in [-0.05, 0) is 90.8 Å². The molecule has 12 nitrogen and oxygen atoms in total. The van der Waals surface area contributed by atoms with E-state index in [0.717, 1.165) is 77.0 Å². The lowest BCUT2D eigenvalue weighted by Crippen LogP contribution is -2.56. The summed E-state index contributed by atoms with van der Waals surface area (Å²) >= 11 is 0. The van der Waals surface area contributed by atoms with Gasteiger partial charge in [0, 0.05) is 92.9 Å². The van der Waals surface area contributed by atoms with Crippen molar-refractivity contribution in [3.63, 3.8) is 0 Å². The van der Waals surface area contributed by atoms with Gasteiger partial charge in [-0.15, -0.1) is 0 Å². The number of aromatic nitrogens is 2. The summed E-state index contributed by atoms with van der Waals surface area (Å²) in [5.74, 6) is 1.07. The van der Waals surface area contributed by atoms with Crippen molar-refractivity contribution in [1.29, 1.82) is 0 Å². The van der Waals surface area contributed by atoms with Crippen molar-refractivity contribution < 1.29 is 23.9 Å². The van der Waals surface area contributed by atoms with E-state index in [2.05, 4.69) is 45.9 Å². The predicted octanol–water partition coefficient (Wildman–Crippen LogP) is 6.24. The lowest BCUT2D eigenvalue weighted by Gasteiger charge is -2.31. The summed E-state index contributed by atoms with van der Waals surface area (Å²) in [4.78, 5) is 59.7. The van der Waals surface area contributed by atoms with Gasteiger partial charge in [-0.1, -0.05) is 36.4 Å². The highest BCUT2D eigenvalue weighted by Gasteiger charge is 2.52. The maximum atomic E-state index is 13.6. The van der Waals surface area contributed by atoms with Crippen molar-refractivity contribution in [3.05, 3.63) is 96.2 Å². The third-order valence-corrected chi connectivity index (χ3v) is 12.5. The molecule has 1 saturated heterocycles. The minimum atomic E-state index is -0.864. The number of ether oxygens (including phenoxy) is 2. The summed E-state index contributed by atoms with van der Waals surface area (Å²) in [5, 5.41) is 5.84. The summed E-state index contributed by atoms with van der Waals surface area (Å²) in [6.07, 6.45) is 14.6. The van der Waals surface area contributed by atoms with E-state index in [0.29, 0.717) is 31.3 Å². The maximum Gasteiger partial charge on any atom is 0.407 e. The molecule has 2 aromatic heterocycles. The molecule has 0 radical (unpaired) electrons. The SMILES string of the molecule is COC(=O)N[C@H](C(=O)N1CCC[C@H]1C1=NC=C(c2ccc(-c3ccc(C4=CN=C(C5C6CCC(C6)[C@H]5C(=O)NCc5cccnc5)C4)cc3)nc2)C1)[C@@H](C)OC. The minimum absolute atomic E-state index is 0.0206. The van der Waals surface area contributed by atoms with Crippen molar-refractivity contribution >= 4 is 40.5 Å². The fourth-order valence-corrected chi connectivity index (χ4v) is 9.48. The first-order chi connectivity index (χ1) is 27.3. The lowest BCUT2D eigenvalue weighted by atomic mass is 9.75. The number of carbonyl (C=O) groups is 3. The van der Waals surface area contributed by atoms with E-state index < -0.39 is 18.2 Å². The Labute approximate surface area is 327 Å². The van der Waals surface area contributed by atoms with Crippen molar-refractivity contribution in [2.75, 3.05) is 20.8 Å². The zero-order valence-electron chi connectivity index (χ0n) is 32.2. The number of methoxy groups -OCH3 is 2. The first-order valence-corrected chi connectivity index (χ1v) is 19.7. The Morgan fingerprint density at radius 1 is 0.875 bits per heavy atom. The van der Waals surface area contributed by atoms with Crippen LogP contribution in [0.5, 0.6) is 0 Å². The Balaban J connectivity index is 0.863. The van der Waals surface area contributed by atoms with Gasteiger partial charge in [-0.25, -0.2) is 4.79 Å². The second kappa shape index (κ2) is 16.3. The molecule has 2 bridgehead atoms. The van der Waals surface area contributed by atoms with E-state index in [4.69, 9.17) is 24.4 Å². The second-order valence-electron chi connectivity index (χ2n) is 15.6. The van der Waals surface area contributed by atoms with Crippen LogP contribution in [0.1, 0.15) is 68.6 Å². The van der Waals surface area contributed by atoms with Crippen LogP contribution in [0, 0.1) is 23.7 Å². The number of amides is 3. The second-order valence-corrected chi connectivity index (χ2v) is 15.6. The summed E-state index contributed by atoms with van der Waals surface area (Å²) in [5.41, 5.74) is 9.35. The molecule has 8 rings (SSSR count). The number of hydrogen-bond donors (Lipinski definition) is 2. The van der Waals surface area contributed by atoms with E-state index in [1.54, 1.807) is 19.3 Å². The monoisotopic (exact) mass is 755 g/mol. The number of aliphatic imine (C=N–C) groups is 2. The molecule has 290 valence electrons. The highest BCUT2D eigenvalue weighted by molar-refractivity contribution is 6.04. The molecular weight excluding hydrogens is 707 g/mol. The molecule has 56 heavy (non-hydrogen) atoms. The number of benzene rings is 1. The number of carbonyl (C=O) groups excluding carboxylic acids is 3. The Morgan fingerprint density at radius 2 is 1.61 bits per heavy atom. The Kier molecular flexibility index (Phi) is 10.9. The lowest BCUT2D eigenvalue weighted by molar-refractivity contribution is -0.136. The fourth-order valence-electron chi connectivity index (χ4n) is 9.48. The van der Waals surface area contributed by atoms with Crippen molar-refractivity contribution in [1.82, 2.24) is 25.5 Å². The zero-order valence-corrected chi connectivity index (χ0v) is 32.2. The van der Waals surface area contributed by atoms with Gasteiger partial charge >= 0.3 is 6.09 Å². The highest BCUT2D eigenvalue weighted by Crippen LogP contribution is 2.54. The van der Waals surface area contributed by atoms with Gasteiger partial charge in [-0.2, -0.15) is 0 Å². The van der Waals surface area contributed by atoms with Gasteiger partial charge < -0.3 is 25.0 Å². The number of rotatable bonds is 12. The molecule has 2 N–H and O–H groups in total. The molecule has 3 amide bonds. The average molecular weight is 756 g/mol. The quantitative estimate of drug-likeness (QED) is 0.222. The number of allylic oxidation sites excluding steroid dienone is 2. The number of nitrogens with zero attached hydrogens (tertiary/aromatic N) is 5. The molecule has 2 aliphatic carbocycles. The topological polar surface area (TPSA) is 147 Å². The normalized spacial score (nSPS) is 24.9. The van der Waals surface area contributed by atoms with Crippen molar-refractivity contribution in [2.45, 2.75) is 76.6 Å². The molecule has 12 heteroatoms. The molecule has 0 spiro atoms. The van der Waals surface area contributed by atoms with Crippen LogP contribution in [0.25, 0.3) is 22.4 Å². The molecule has 2 saturated carbocycles. The van der Waals surface area contributed by atoms with Crippen molar-refractivity contribution in [3.8, 4) is 11.3 Å². The van der Waals surface area contributed by atoms with Gasteiger partial charge in [0.25, 0.3) is 0 Å². The Hall–Kier alpha value is -5.49. The summed E-state index contributed by atoms with van der Waals surface area (Å²) in [6, 6.07) is 15.5. The predicted molar refractivity (Wildman–Crippen MR) is 214 cm³/mol. The fraction of sp³-hybridized carbons (Fsp3) is 0.432. The summed E-state index contributed by atoms with van der Waals surface area (Å²) in [6.45, 7) is 2.84. The Bertz CT molecular complexity index is 2080. The molecule has 1 aromatic carbocycles. The van der Waals surface area contributed by atoms with Gasteiger partial charge in [0.05, 0.1) is 24.9 Å². The summed E-state index contributed by atoms with van der Waals surface area (Å²) in [7, 11) is 2.79. The first kappa shape index (κ1) is 37.4. The van der Waals surface area contributed by atoms with Gasteiger partial charge in [0.1, 0.15) is 6.04 Å². The maximum absolute atomic E-state index is 13.6. The molecule has 3 unspecified atom stereocenters. The molecule has 3 aromatic rings. The van der Waals surface area contributed by atoms with Crippen molar-refractivity contribution in [2.24, 2.45) is 33.7 Å². The van der Waals surface area contributed by atoms with Gasteiger partial charge in [0.2, 0.25) is 11.8 Å². The van der Waals surface area contributed by atoms with Crippen LogP contribution in [-0.4, -0.2) is 83.2 Å². The Morgan fingerprint density at radius 3 is 2.34 bits per heavy atom. The molecule has 7 atom stereocenters. The standard InChI is InChI=1S/C44H49N7O5/c1-26(55-2)41(50-44(54)56-3)43(53)51-17-5-7-38(51)36-19-34(25-47-36)32-14-15-35(46-23-32)29-10-8-28(9-11-29)33-20-37(48-24-33)39-30-12-13-31(18-30)40(39)42(52)49-22-27-6-4-16-45-21-27/h4,6,8-11,14-16,21,23-26,30-31,38-41H,5,7,12-13,17-20,22H2,1-3H3,(H,49,52)(H,50,54)/t26-,30?,31?,38+,39?,40-,41+/m1/s1. The molecule has 3 fully saturated rings. The third-order valence-electron chi connectivity index (χ3n) is 12.5. The molecule has 3 aliphatic heterocycles. The highest BCUT2D eigenvalue weighted by atomic mass is 16.5. The van der Waals surface area contributed by atoms with E-state index in [1.807, 2.05) is 41.7 Å². The minimum Gasteiger partial charge on any atom is -0.453 e. The third kappa shape index (κ3) is 7.54. The number of hydrogen-bond acceptors (Lipinski definition) is 9. The number of fused-ring (bicyclic) bond motifs is 2. The van der Waals surface area contributed by atoms with Gasteiger partial charge in [0.15, 0.2) is 0 Å².